The van der Waals surface area contributed by atoms with Crippen LogP contribution in [0.4, 0.5) is 0 Å². The fourth-order valence-electron chi connectivity index (χ4n) is 3.16. The summed E-state index contributed by atoms with van der Waals surface area (Å²) in [5.74, 6) is 0. The molecule has 0 unspecified atom stereocenters. The van der Waals surface area contributed by atoms with Gasteiger partial charge in [-0.2, -0.15) is 0 Å². The summed E-state index contributed by atoms with van der Waals surface area (Å²) >= 11 is 0. The van der Waals surface area contributed by atoms with Gasteiger partial charge in [-0.15, -0.1) is 0 Å². The zero-order valence-corrected chi connectivity index (χ0v) is 12.9. The minimum Gasteiger partial charge on any atom is -0.0622 e. The third-order valence-corrected chi connectivity index (χ3v) is 4.28. The van der Waals surface area contributed by atoms with E-state index in [1.165, 1.54) is 33.0 Å². The van der Waals surface area contributed by atoms with Crippen LogP contribution in [-0.4, -0.2) is 0 Å². The van der Waals surface area contributed by atoms with Crippen molar-refractivity contribution in [3.63, 3.8) is 0 Å². The first kappa shape index (κ1) is 13.8. The zero-order valence-electron chi connectivity index (χ0n) is 12.9. The first-order valence-electron chi connectivity index (χ1n) is 8.01. The van der Waals surface area contributed by atoms with Crippen LogP contribution in [0.2, 0.25) is 0 Å². The monoisotopic (exact) mass is 294 g/mol. The molecule has 23 heavy (non-hydrogen) atoms. The molecule has 0 saturated carbocycles. The lowest BCUT2D eigenvalue weighted by molar-refractivity contribution is 1.19. The maximum Gasteiger partial charge on any atom is -0.00256 e. The SMILES string of the molecule is c1ccc(Cc2cccc(-c3cccc4ccccc34)c2)cc1. The molecule has 4 aromatic carbocycles. The Morgan fingerprint density at radius 2 is 1.22 bits per heavy atom. The normalized spacial score (nSPS) is 10.8. The molecule has 0 saturated heterocycles. The summed E-state index contributed by atoms with van der Waals surface area (Å²) in [6.07, 6.45) is 0.972. The van der Waals surface area contributed by atoms with Crippen LogP contribution in [0.3, 0.4) is 0 Å². The van der Waals surface area contributed by atoms with Crippen LogP contribution in [0.25, 0.3) is 21.9 Å². The molecule has 0 aromatic heterocycles. The fraction of sp³-hybridized carbons (Fsp3) is 0.0435. The Hall–Kier alpha value is -2.86. The van der Waals surface area contributed by atoms with Crippen LogP contribution >= 0.6 is 0 Å². The predicted octanol–water partition coefficient (Wildman–Crippen LogP) is 6.10. The fourth-order valence-corrected chi connectivity index (χ4v) is 3.16. The van der Waals surface area contributed by atoms with Crippen molar-refractivity contribution >= 4 is 10.8 Å². The minimum atomic E-state index is 0.972. The number of benzene rings is 4. The van der Waals surface area contributed by atoms with Crippen molar-refractivity contribution in [2.45, 2.75) is 6.42 Å². The maximum absolute atomic E-state index is 2.31. The van der Waals surface area contributed by atoms with Gasteiger partial charge in [-0.3, -0.25) is 0 Å². The van der Waals surface area contributed by atoms with Crippen LogP contribution < -0.4 is 0 Å². The van der Waals surface area contributed by atoms with Crippen molar-refractivity contribution < 1.29 is 0 Å². The van der Waals surface area contributed by atoms with Crippen molar-refractivity contribution in [2.24, 2.45) is 0 Å². The number of fused-ring (bicyclic) bond motifs is 1. The highest BCUT2D eigenvalue weighted by molar-refractivity contribution is 5.96. The number of hydrogen-bond acceptors (Lipinski definition) is 0. The molecule has 0 nitrogen and oxygen atoms in total. The number of rotatable bonds is 3. The van der Waals surface area contributed by atoms with E-state index in [1.807, 2.05) is 0 Å². The molecular weight excluding hydrogens is 276 g/mol. The smallest absolute Gasteiger partial charge is 0.00256 e. The first-order valence-corrected chi connectivity index (χ1v) is 8.01. The molecule has 0 N–H and O–H groups in total. The van der Waals surface area contributed by atoms with Crippen LogP contribution in [-0.2, 0) is 6.42 Å². The van der Waals surface area contributed by atoms with E-state index >= 15 is 0 Å². The van der Waals surface area contributed by atoms with Crippen molar-refractivity contribution in [1.29, 1.82) is 0 Å². The molecular formula is C23H18. The topological polar surface area (TPSA) is 0 Å². The van der Waals surface area contributed by atoms with Crippen LogP contribution in [0.1, 0.15) is 11.1 Å². The highest BCUT2D eigenvalue weighted by Crippen LogP contribution is 2.29. The average molecular weight is 294 g/mol. The second-order valence-electron chi connectivity index (χ2n) is 5.89. The van der Waals surface area contributed by atoms with Gasteiger partial charge < -0.3 is 0 Å². The summed E-state index contributed by atoms with van der Waals surface area (Å²) in [5.41, 5.74) is 5.29. The predicted molar refractivity (Wildman–Crippen MR) is 98.6 cm³/mol. The van der Waals surface area contributed by atoms with Gasteiger partial charge in [0.05, 0.1) is 0 Å². The molecule has 4 aromatic rings. The second-order valence-corrected chi connectivity index (χ2v) is 5.89. The molecule has 0 heterocycles. The van der Waals surface area contributed by atoms with E-state index in [0.717, 1.165) is 6.42 Å². The molecule has 0 heteroatoms. The van der Waals surface area contributed by atoms with Crippen molar-refractivity contribution in [3.05, 3.63) is 108 Å². The Morgan fingerprint density at radius 3 is 2.13 bits per heavy atom. The third kappa shape index (κ3) is 2.89. The van der Waals surface area contributed by atoms with Gasteiger partial charge in [0.2, 0.25) is 0 Å². The van der Waals surface area contributed by atoms with Gasteiger partial charge in [-0.05, 0) is 39.4 Å². The van der Waals surface area contributed by atoms with Gasteiger partial charge in [-0.25, -0.2) is 0 Å². The van der Waals surface area contributed by atoms with Crippen molar-refractivity contribution in [2.75, 3.05) is 0 Å². The lowest BCUT2D eigenvalue weighted by Gasteiger charge is -2.09. The Morgan fingerprint density at radius 1 is 0.522 bits per heavy atom. The van der Waals surface area contributed by atoms with E-state index in [4.69, 9.17) is 0 Å². The Bertz CT molecular complexity index is 931. The molecule has 0 amide bonds. The van der Waals surface area contributed by atoms with Gasteiger partial charge in [0.25, 0.3) is 0 Å². The lowest BCUT2D eigenvalue weighted by atomic mass is 9.95. The van der Waals surface area contributed by atoms with Crippen molar-refractivity contribution in [1.82, 2.24) is 0 Å². The molecule has 0 radical (unpaired) electrons. The van der Waals surface area contributed by atoms with Gasteiger partial charge in [0.1, 0.15) is 0 Å². The molecule has 4 rings (SSSR count). The molecule has 0 fully saturated rings. The molecule has 110 valence electrons. The molecule has 0 atom stereocenters. The van der Waals surface area contributed by atoms with Gasteiger partial charge >= 0.3 is 0 Å². The lowest BCUT2D eigenvalue weighted by Crippen LogP contribution is -1.89. The standard InChI is InChI=1S/C23H18/c1-2-8-18(9-3-1)16-19-10-6-13-21(17-19)23-15-7-12-20-11-4-5-14-22(20)23/h1-15,17H,16H2. The third-order valence-electron chi connectivity index (χ3n) is 4.28. The molecule has 0 spiro atoms. The highest BCUT2D eigenvalue weighted by Gasteiger charge is 2.04. The van der Waals surface area contributed by atoms with Crippen molar-refractivity contribution in [3.8, 4) is 11.1 Å². The Kier molecular flexibility index (Phi) is 3.65. The summed E-state index contributed by atoms with van der Waals surface area (Å²) < 4.78 is 0. The maximum atomic E-state index is 2.31. The van der Waals surface area contributed by atoms with E-state index in [0.29, 0.717) is 0 Å². The molecule has 0 aliphatic rings. The summed E-state index contributed by atoms with van der Waals surface area (Å²) in [5, 5.41) is 2.60. The Balaban J connectivity index is 1.76. The van der Waals surface area contributed by atoms with E-state index in [-0.39, 0.29) is 0 Å². The van der Waals surface area contributed by atoms with E-state index in [2.05, 4.69) is 97.1 Å². The summed E-state index contributed by atoms with van der Waals surface area (Å²) in [6, 6.07) is 34.6. The molecule has 0 aliphatic carbocycles. The van der Waals surface area contributed by atoms with E-state index < -0.39 is 0 Å². The molecule has 0 bridgehead atoms. The van der Waals surface area contributed by atoms with Crippen LogP contribution in [0.5, 0.6) is 0 Å². The summed E-state index contributed by atoms with van der Waals surface area (Å²) in [4.78, 5) is 0. The largest absolute Gasteiger partial charge is 0.0622 e. The average Bonchev–Trinajstić information content (AvgIpc) is 2.62. The van der Waals surface area contributed by atoms with Crippen LogP contribution in [0, 0.1) is 0 Å². The molecule has 0 aliphatic heterocycles. The van der Waals surface area contributed by atoms with Gasteiger partial charge in [0.15, 0.2) is 0 Å². The summed E-state index contributed by atoms with van der Waals surface area (Å²) in [7, 11) is 0. The minimum absolute atomic E-state index is 0.972. The highest BCUT2D eigenvalue weighted by atomic mass is 14.1. The van der Waals surface area contributed by atoms with Gasteiger partial charge in [0, 0.05) is 0 Å². The van der Waals surface area contributed by atoms with E-state index in [9.17, 15) is 0 Å². The quantitative estimate of drug-likeness (QED) is 0.428. The number of hydrogen-bond donors (Lipinski definition) is 0. The summed E-state index contributed by atoms with van der Waals surface area (Å²) in [6.45, 7) is 0. The van der Waals surface area contributed by atoms with Gasteiger partial charge in [-0.1, -0.05) is 97.1 Å². The zero-order chi connectivity index (χ0) is 15.5. The second kappa shape index (κ2) is 6.10. The van der Waals surface area contributed by atoms with E-state index in [1.54, 1.807) is 0 Å². The van der Waals surface area contributed by atoms with Crippen LogP contribution in [0.15, 0.2) is 97.1 Å². The first-order chi connectivity index (χ1) is 11.4. The Labute approximate surface area is 137 Å².